The van der Waals surface area contributed by atoms with Crippen molar-refractivity contribution in [1.82, 2.24) is 36.1 Å². The van der Waals surface area contributed by atoms with Crippen LogP contribution in [0.15, 0.2) is 41.2 Å². The summed E-state index contributed by atoms with van der Waals surface area (Å²) in [6.07, 6.45) is 3.88. The molecule has 1 aliphatic carbocycles. The maximum Gasteiger partial charge on any atom is 0.407 e. The zero-order valence-corrected chi connectivity index (χ0v) is 63.6. The van der Waals surface area contributed by atoms with E-state index in [-0.39, 0.29) is 74.5 Å². The third-order valence-electron chi connectivity index (χ3n) is 18.4. The number of aromatic nitrogens is 2. The molecule has 109 heavy (non-hydrogen) atoms. The second kappa shape index (κ2) is 48.8. The second-order valence-electron chi connectivity index (χ2n) is 26.4. The number of aliphatic hydroxyl groups is 1. The highest BCUT2D eigenvalue weighted by molar-refractivity contribution is 5.98. The average molecular weight is 1540 g/mol. The fourth-order valence-electron chi connectivity index (χ4n) is 12.2. The van der Waals surface area contributed by atoms with Gasteiger partial charge in [-0.05, 0) is 113 Å². The van der Waals surface area contributed by atoms with Gasteiger partial charge >= 0.3 is 12.1 Å². The number of anilines is 1. The molecule has 2 aromatic heterocycles. The monoisotopic (exact) mass is 1540 g/mol. The molecule has 0 saturated heterocycles. The van der Waals surface area contributed by atoms with E-state index in [1.165, 1.54) is 24.5 Å². The molecule has 0 saturated carbocycles. The van der Waals surface area contributed by atoms with E-state index < -0.39 is 65.0 Å². The predicted octanol–water partition coefficient (Wildman–Crippen LogP) is 3.90. The molecule has 2 aromatic carbocycles. The number of rotatable bonds is 57. The molecule has 0 radical (unpaired) electrons. The van der Waals surface area contributed by atoms with Crippen LogP contribution in [0.2, 0.25) is 0 Å². The number of fused-ring (bicyclic) bond motifs is 5. The molecule has 3 aliphatic rings. The van der Waals surface area contributed by atoms with Crippen LogP contribution in [-0.2, 0) is 127 Å². The Balaban J connectivity index is 0.624. The van der Waals surface area contributed by atoms with E-state index in [4.69, 9.17) is 77.0 Å². The van der Waals surface area contributed by atoms with E-state index in [0.29, 0.717) is 260 Å². The molecule has 4 aromatic rings. The van der Waals surface area contributed by atoms with Gasteiger partial charge in [-0.1, -0.05) is 25.5 Å². The van der Waals surface area contributed by atoms with Gasteiger partial charge in [0.15, 0.2) is 5.60 Å². The van der Waals surface area contributed by atoms with Gasteiger partial charge in [0.05, 0.1) is 193 Å². The number of pyridine rings is 2. The Morgan fingerprint density at radius 1 is 0.642 bits per heavy atom. The van der Waals surface area contributed by atoms with Gasteiger partial charge < -0.3 is 114 Å². The maximum absolute atomic E-state index is 15.4. The fraction of sp³-hybridized carbons (Fsp3) is 0.645. The van der Waals surface area contributed by atoms with Crippen LogP contribution >= 0.6 is 0 Å². The van der Waals surface area contributed by atoms with Crippen molar-refractivity contribution >= 4 is 58.2 Å². The molecule has 606 valence electrons. The molecule has 4 heterocycles. The lowest BCUT2D eigenvalue weighted by atomic mass is 9.81. The Kier molecular flexibility index (Phi) is 39.6. The summed E-state index contributed by atoms with van der Waals surface area (Å²) in [7, 11) is 1.63. The number of aryl methyl sites for hydroxylation is 1. The fourth-order valence-corrected chi connectivity index (χ4v) is 12.2. The Hall–Kier alpha value is -7.74. The van der Waals surface area contributed by atoms with Gasteiger partial charge in [0.1, 0.15) is 31.1 Å². The lowest BCUT2D eigenvalue weighted by Gasteiger charge is -2.31. The number of amides is 6. The molecule has 0 fully saturated rings. The van der Waals surface area contributed by atoms with E-state index in [1.54, 1.807) is 51.3 Å². The Labute approximate surface area is 635 Å². The summed E-state index contributed by atoms with van der Waals surface area (Å²) in [5.41, 5.74) is 8.49. The minimum absolute atomic E-state index is 0.0372. The first kappa shape index (κ1) is 88.5. The number of nitrogens with two attached hydrogens (primary N) is 1. The Morgan fingerprint density at radius 3 is 1.73 bits per heavy atom. The quantitative estimate of drug-likeness (QED) is 0.0202. The average Bonchev–Trinajstić information content (AvgIpc) is 1.61. The van der Waals surface area contributed by atoms with Crippen LogP contribution in [-0.4, -0.2) is 247 Å². The number of carbonyl (C=O) groups excluding carboxylic acids is 7. The molecule has 6 amide bonds. The number of esters is 1. The van der Waals surface area contributed by atoms with Gasteiger partial charge in [0, 0.05) is 61.3 Å². The number of nitrogens with zero attached hydrogens (tertiary/aromatic N) is 2. The molecule has 9 N–H and O–H groups in total. The second-order valence-corrected chi connectivity index (χ2v) is 26.4. The first-order valence-electron chi connectivity index (χ1n) is 37.7. The van der Waals surface area contributed by atoms with Crippen LogP contribution in [0, 0.1) is 12.7 Å². The van der Waals surface area contributed by atoms with Crippen molar-refractivity contribution in [1.29, 1.82) is 0 Å². The highest BCUT2D eigenvalue weighted by atomic mass is 19.1. The third kappa shape index (κ3) is 29.1. The SMILES string of the molecule is CC[C@@]1(O)C(=O)OCc2c1cc1n(c2=O)Cc2c-1nc1cc(F)c(C)c3c1c2[C@@H](NC(=O)OCc1ccc(NC(=O)[C@H](C)NC(=O)[C@H](C)NC(=O)CCCCCNC(=O)[C@@H](N)CCCCNC(=O)CCOCCOCCOCCOCCOCCOCCOCCOCCOCCOCCOCCOC)cc1)CC3. The summed E-state index contributed by atoms with van der Waals surface area (Å²) >= 11 is 0. The molecule has 7 rings (SSSR count). The van der Waals surface area contributed by atoms with Crippen LogP contribution < -0.4 is 43.2 Å². The minimum atomic E-state index is -2.04. The molecule has 0 bridgehead atoms. The summed E-state index contributed by atoms with van der Waals surface area (Å²) in [6, 6.07) is 6.23. The van der Waals surface area contributed by atoms with Crippen molar-refractivity contribution in [2.45, 2.75) is 148 Å². The molecule has 33 heteroatoms. The van der Waals surface area contributed by atoms with Gasteiger partial charge in [-0.15, -0.1) is 0 Å². The number of benzene rings is 2. The highest BCUT2D eigenvalue weighted by Gasteiger charge is 2.46. The van der Waals surface area contributed by atoms with Crippen LogP contribution in [0.25, 0.3) is 22.3 Å². The number of halogens is 1. The van der Waals surface area contributed by atoms with Crippen molar-refractivity contribution in [3.8, 4) is 11.4 Å². The number of methoxy groups -OCH3 is 1. The van der Waals surface area contributed by atoms with Crippen molar-refractivity contribution < 1.29 is 109 Å². The van der Waals surface area contributed by atoms with Gasteiger partial charge in [-0.2, -0.15) is 0 Å². The smallest absolute Gasteiger partial charge is 0.407 e. The van der Waals surface area contributed by atoms with Gasteiger partial charge in [0.2, 0.25) is 29.5 Å². The number of unbranched alkanes of at least 4 members (excludes halogenated alkanes) is 3. The standard InChI is InChI=1S/C76H112FN9O23/c1-6-76(95)59-46-64-69-57(48-86(64)73(92)58(59)50-108-74(76)93)68-62(19-18-56-51(2)60(77)47-63(84-69)67(56)68)85-75(94)109-49-54-14-16-55(17-15-54)83-71(90)53(4)82-70(89)52(3)81-66(88)13-8-7-10-22-80-72(91)61(78)12-9-11-21-79-65(87)20-23-97-26-27-99-30-31-101-34-35-103-38-39-105-42-43-107-45-44-106-41-40-104-37-36-102-33-32-100-29-28-98-25-24-96-5/h14-17,46-47,52-53,61-62,95H,6-13,18-45,48-50,78H2,1-5H3,(H,79,87)(H,80,91)(H,81,88)(H,82,89)(H,83,90)(H,85,94)/t52-,53-,61-,62-,76-/m0/s1. The summed E-state index contributed by atoms with van der Waals surface area (Å²) in [5.74, 6) is -3.15. The van der Waals surface area contributed by atoms with Crippen LogP contribution in [0.3, 0.4) is 0 Å². The zero-order valence-electron chi connectivity index (χ0n) is 63.6. The minimum Gasteiger partial charge on any atom is -0.458 e. The number of cyclic esters (lactones) is 1. The molecular formula is C76H112FN9O23. The number of alkyl carbamates (subject to hydrolysis) is 1. The lowest BCUT2D eigenvalue weighted by molar-refractivity contribution is -0.172. The largest absolute Gasteiger partial charge is 0.458 e. The van der Waals surface area contributed by atoms with E-state index in [1.807, 2.05) is 0 Å². The topological polar surface area (TPSA) is 402 Å². The molecule has 0 spiro atoms. The Morgan fingerprint density at radius 2 is 1.17 bits per heavy atom. The number of hydrogen-bond donors (Lipinski definition) is 8. The highest BCUT2D eigenvalue weighted by Crippen LogP contribution is 2.46. The summed E-state index contributed by atoms with van der Waals surface area (Å²) in [6.45, 7) is 17.3. The zero-order chi connectivity index (χ0) is 78.2. The van der Waals surface area contributed by atoms with E-state index in [9.17, 15) is 43.5 Å². The van der Waals surface area contributed by atoms with E-state index in [2.05, 4.69) is 31.9 Å². The van der Waals surface area contributed by atoms with Crippen LogP contribution in [0.5, 0.6) is 0 Å². The number of ether oxygens (including phenoxy) is 14. The number of hydrogen-bond acceptors (Lipinski definition) is 25. The maximum atomic E-state index is 15.4. The first-order chi connectivity index (χ1) is 52.8. The Bertz CT molecular complexity index is 3590. The van der Waals surface area contributed by atoms with Crippen molar-refractivity contribution in [3.63, 3.8) is 0 Å². The molecule has 32 nitrogen and oxygen atoms in total. The number of nitrogens with one attached hydrogen (secondary N) is 6. The van der Waals surface area contributed by atoms with Crippen LogP contribution in [0.1, 0.15) is 130 Å². The summed E-state index contributed by atoms with van der Waals surface area (Å²) in [5, 5.41) is 28.8. The van der Waals surface area contributed by atoms with Crippen molar-refractivity contribution in [3.05, 3.63) is 91.5 Å². The van der Waals surface area contributed by atoms with Gasteiger partial charge in [-0.3, -0.25) is 28.8 Å². The molecule has 2 aliphatic heterocycles. The lowest BCUT2D eigenvalue weighted by Crippen LogP contribution is -2.50. The molecule has 5 atom stereocenters. The summed E-state index contributed by atoms with van der Waals surface area (Å²) < 4.78 is 93.0. The number of carbonyl (C=O) groups is 7. The first-order valence-corrected chi connectivity index (χ1v) is 37.7. The van der Waals surface area contributed by atoms with Gasteiger partial charge in [-0.25, -0.2) is 19.0 Å². The van der Waals surface area contributed by atoms with Gasteiger partial charge in [0.25, 0.3) is 5.56 Å². The molecule has 0 unspecified atom stereocenters. The summed E-state index contributed by atoms with van der Waals surface area (Å²) in [4.78, 5) is 109. The molecular weight excluding hydrogens is 1430 g/mol. The van der Waals surface area contributed by atoms with Crippen molar-refractivity contribution in [2.75, 3.05) is 177 Å². The van der Waals surface area contributed by atoms with Crippen LogP contribution in [0.4, 0.5) is 14.9 Å². The van der Waals surface area contributed by atoms with E-state index >= 15 is 4.39 Å². The van der Waals surface area contributed by atoms with E-state index in [0.717, 1.165) is 5.56 Å². The van der Waals surface area contributed by atoms with Crippen molar-refractivity contribution in [2.24, 2.45) is 5.73 Å². The third-order valence-corrected chi connectivity index (χ3v) is 18.4. The normalized spacial score (nSPS) is 15.6. The predicted molar refractivity (Wildman–Crippen MR) is 396 cm³/mol.